The third-order valence-electron chi connectivity index (χ3n) is 3.38. The number of hydrogen-bond donors (Lipinski definition) is 0. The molecular weight excluding hydrogens is 338 g/mol. The van der Waals surface area contributed by atoms with Crippen molar-refractivity contribution in [3.8, 4) is 12.3 Å². The molecule has 0 saturated heterocycles. The van der Waals surface area contributed by atoms with Crippen molar-refractivity contribution in [3.05, 3.63) is 35.4 Å². The maximum atomic E-state index is 14.3. The number of carbonyl (C=O) groups is 1. The van der Waals surface area contributed by atoms with Crippen LogP contribution in [0.1, 0.15) is 41.6 Å². The number of rotatable bonds is 8. The van der Waals surface area contributed by atoms with Crippen LogP contribution < -0.4 is 0 Å². The minimum absolute atomic E-state index is 0.00584. The molecule has 0 heterocycles. The molecule has 0 amide bonds. The number of hydrogen-bond acceptors (Lipinski definition) is 1. The summed E-state index contributed by atoms with van der Waals surface area (Å²) in [6.07, 6.45) is 7.71. The van der Waals surface area contributed by atoms with E-state index >= 15 is 0 Å². The molecular formula is C17H19BrF2O. The third kappa shape index (κ3) is 4.93. The van der Waals surface area contributed by atoms with Crippen LogP contribution in [-0.2, 0) is 0 Å². The lowest BCUT2D eigenvalue weighted by atomic mass is 9.90. The van der Waals surface area contributed by atoms with Gasteiger partial charge < -0.3 is 0 Å². The van der Waals surface area contributed by atoms with Crippen molar-refractivity contribution in [2.75, 3.05) is 5.33 Å². The van der Waals surface area contributed by atoms with Crippen LogP contribution in [0.25, 0.3) is 0 Å². The zero-order chi connectivity index (χ0) is 15.9. The van der Waals surface area contributed by atoms with E-state index in [-0.39, 0.29) is 12.0 Å². The van der Waals surface area contributed by atoms with E-state index in [0.717, 1.165) is 23.7 Å². The van der Waals surface area contributed by atoms with Gasteiger partial charge in [0.05, 0.1) is 5.92 Å². The molecule has 0 saturated carbocycles. The summed E-state index contributed by atoms with van der Waals surface area (Å²) in [5.74, 6) is -3.95. The van der Waals surface area contributed by atoms with Crippen molar-refractivity contribution in [1.82, 2.24) is 0 Å². The molecule has 0 N–H and O–H groups in total. The zero-order valence-corrected chi connectivity index (χ0v) is 13.6. The highest BCUT2D eigenvalue weighted by Gasteiger charge is 2.46. The first-order chi connectivity index (χ1) is 9.93. The van der Waals surface area contributed by atoms with E-state index in [1.807, 2.05) is 6.92 Å². The Kier molecular flexibility index (Phi) is 7.04. The first-order valence-corrected chi connectivity index (χ1v) is 8.07. The van der Waals surface area contributed by atoms with E-state index < -0.39 is 17.6 Å². The Balaban J connectivity index is 2.78. The fourth-order valence-corrected chi connectivity index (χ4v) is 2.44. The lowest BCUT2D eigenvalue weighted by Crippen LogP contribution is -2.36. The minimum atomic E-state index is -3.52. The average molecular weight is 357 g/mol. The van der Waals surface area contributed by atoms with Gasteiger partial charge in [0.1, 0.15) is 0 Å². The predicted molar refractivity (Wildman–Crippen MR) is 85.0 cm³/mol. The molecule has 114 valence electrons. The second-order valence-corrected chi connectivity index (χ2v) is 5.87. The SMILES string of the molecule is C#C[C@H](CCCCCBr)C(F)(F)C(=O)c1ccc(C)cc1. The Morgan fingerprint density at radius 2 is 1.90 bits per heavy atom. The van der Waals surface area contributed by atoms with Gasteiger partial charge in [0.25, 0.3) is 0 Å². The van der Waals surface area contributed by atoms with Gasteiger partial charge >= 0.3 is 5.92 Å². The highest BCUT2D eigenvalue weighted by molar-refractivity contribution is 9.09. The number of ketones is 1. The Morgan fingerprint density at radius 3 is 2.43 bits per heavy atom. The van der Waals surface area contributed by atoms with Crippen LogP contribution in [0, 0.1) is 25.2 Å². The molecule has 0 aromatic heterocycles. The van der Waals surface area contributed by atoms with Gasteiger partial charge in [-0.15, -0.1) is 6.42 Å². The topological polar surface area (TPSA) is 17.1 Å². The van der Waals surface area contributed by atoms with E-state index in [1.54, 1.807) is 12.1 Å². The molecule has 1 aromatic carbocycles. The first kappa shape index (κ1) is 17.8. The van der Waals surface area contributed by atoms with Crippen LogP contribution in [0.5, 0.6) is 0 Å². The van der Waals surface area contributed by atoms with Gasteiger partial charge in [-0.1, -0.05) is 64.5 Å². The van der Waals surface area contributed by atoms with E-state index in [9.17, 15) is 13.6 Å². The van der Waals surface area contributed by atoms with Crippen LogP contribution >= 0.6 is 15.9 Å². The normalized spacial score (nSPS) is 12.7. The Labute approximate surface area is 133 Å². The number of alkyl halides is 3. The van der Waals surface area contributed by atoms with Crippen molar-refractivity contribution in [2.24, 2.45) is 5.92 Å². The molecule has 0 bridgehead atoms. The summed E-state index contributed by atoms with van der Waals surface area (Å²) in [6.45, 7) is 1.83. The standard InChI is InChI=1S/C17H19BrF2O/c1-3-15(7-5-4-6-12-18)17(19,20)16(21)14-10-8-13(2)9-11-14/h1,8-11,15H,4-7,12H2,2H3/t15-/m1/s1. The van der Waals surface area contributed by atoms with Crippen LogP contribution in [0.2, 0.25) is 0 Å². The number of Topliss-reactive ketones (excluding diaryl/α,β-unsaturated/α-hetero) is 1. The number of halogens is 3. The number of unbranched alkanes of at least 4 members (excludes halogenated alkanes) is 2. The van der Waals surface area contributed by atoms with Crippen molar-refractivity contribution in [2.45, 2.75) is 38.5 Å². The van der Waals surface area contributed by atoms with Gasteiger partial charge in [-0.25, -0.2) is 0 Å². The predicted octanol–water partition coefficient (Wildman–Crippen LogP) is 5.02. The summed E-state index contributed by atoms with van der Waals surface area (Å²) < 4.78 is 28.6. The highest BCUT2D eigenvalue weighted by atomic mass is 79.9. The van der Waals surface area contributed by atoms with Crippen molar-refractivity contribution in [1.29, 1.82) is 0 Å². The van der Waals surface area contributed by atoms with Gasteiger partial charge in [-0.3, -0.25) is 4.79 Å². The number of terminal acetylenes is 1. The van der Waals surface area contributed by atoms with Gasteiger partial charge in [0, 0.05) is 10.9 Å². The van der Waals surface area contributed by atoms with Crippen molar-refractivity contribution < 1.29 is 13.6 Å². The monoisotopic (exact) mass is 356 g/mol. The van der Waals surface area contributed by atoms with Gasteiger partial charge in [-0.2, -0.15) is 8.78 Å². The molecule has 0 aliphatic rings. The third-order valence-corrected chi connectivity index (χ3v) is 3.94. The molecule has 0 radical (unpaired) electrons. The lowest BCUT2D eigenvalue weighted by Gasteiger charge is -2.21. The van der Waals surface area contributed by atoms with E-state index in [4.69, 9.17) is 6.42 Å². The first-order valence-electron chi connectivity index (χ1n) is 6.94. The van der Waals surface area contributed by atoms with Gasteiger partial charge in [0.2, 0.25) is 5.78 Å². The number of aryl methyl sites for hydroxylation is 1. The molecule has 1 aromatic rings. The summed E-state index contributed by atoms with van der Waals surface area (Å²) in [4.78, 5) is 12.0. The summed E-state index contributed by atoms with van der Waals surface area (Å²) in [7, 11) is 0. The Hall–Kier alpha value is -1.21. The molecule has 0 fully saturated rings. The van der Waals surface area contributed by atoms with Crippen LogP contribution in [0.15, 0.2) is 24.3 Å². The molecule has 4 heteroatoms. The summed E-state index contributed by atoms with van der Waals surface area (Å²) in [5, 5.41) is 0.840. The molecule has 0 spiro atoms. The molecule has 1 rings (SSSR count). The second-order valence-electron chi connectivity index (χ2n) is 5.08. The number of carbonyl (C=O) groups excluding carboxylic acids is 1. The van der Waals surface area contributed by atoms with Crippen LogP contribution in [0.4, 0.5) is 8.78 Å². The van der Waals surface area contributed by atoms with Gasteiger partial charge in [0.15, 0.2) is 0 Å². The quantitative estimate of drug-likeness (QED) is 0.276. The summed E-state index contributed by atoms with van der Waals surface area (Å²) in [6, 6.07) is 6.13. The summed E-state index contributed by atoms with van der Waals surface area (Å²) in [5.41, 5.74) is 0.921. The lowest BCUT2D eigenvalue weighted by molar-refractivity contribution is -0.0172. The largest absolute Gasteiger partial charge is 0.323 e. The van der Waals surface area contributed by atoms with E-state index in [2.05, 4.69) is 21.9 Å². The highest BCUT2D eigenvalue weighted by Crippen LogP contribution is 2.32. The number of benzene rings is 1. The summed E-state index contributed by atoms with van der Waals surface area (Å²) >= 11 is 3.29. The zero-order valence-electron chi connectivity index (χ0n) is 12.0. The van der Waals surface area contributed by atoms with Gasteiger partial charge in [-0.05, 0) is 19.8 Å². The van der Waals surface area contributed by atoms with E-state index in [0.29, 0.717) is 6.42 Å². The fraction of sp³-hybridized carbons (Fsp3) is 0.471. The van der Waals surface area contributed by atoms with Crippen LogP contribution in [0.3, 0.4) is 0 Å². The van der Waals surface area contributed by atoms with Crippen LogP contribution in [-0.4, -0.2) is 17.0 Å². The molecule has 0 aliphatic heterocycles. The minimum Gasteiger partial charge on any atom is -0.287 e. The Bertz CT molecular complexity index is 503. The Morgan fingerprint density at radius 1 is 1.29 bits per heavy atom. The average Bonchev–Trinajstić information content (AvgIpc) is 2.47. The molecule has 0 unspecified atom stereocenters. The maximum absolute atomic E-state index is 14.3. The fourth-order valence-electron chi connectivity index (χ4n) is 2.04. The van der Waals surface area contributed by atoms with E-state index in [1.165, 1.54) is 12.1 Å². The second kappa shape index (κ2) is 8.29. The molecule has 0 aliphatic carbocycles. The molecule has 1 nitrogen and oxygen atoms in total. The molecule has 21 heavy (non-hydrogen) atoms. The smallest absolute Gasteiger partial charge is 0.287 e. The molecule has 1 atom stereocenters. The maximum Gasteiger partial charge on any atom is 0.323 e. The van der Waals surface area contributed by atoms with Crippen molar-refractivity contribution in [3.63, 3.8) is 0 Å². The van der Waals surface area contributed by atoms with Crippen molar-refractivity contribution >= 4 is 21.7 Å².